The van der Waals surface area contributed by atoms with E-state index in [1.807, 2.05) is 37.3 Å². The van der Waals surface area contributed by atoms with E-state index in [9.17, 15) is 0 Å². The van der Waals surface area contributed by atoms with Crippen LogP contribution in [0.4, 0.5) is 0 Å². The number of ether oxygens (including phenoxy) is 1. The lowest BCUT2D eigenvalue weighted by atomic mass is 10.2. The lowest BCUT2D eigenvalue weighted by molar-refractivity contribution is 0.444. The van der Waals surface area contributed by atoms with Gasteiger partial charge in [-0.1, -0.05) is 30.4 Å². The van der Waals surface area contributed by atoms with Gasteiger partial charge in [-0.2, -0.15) is 4.98 Å². The number of benzene rings is 1. The first-order valence-corrected chi connectivity index (χ1v) is 6.71. The zero-order valence-corrected chi connectivity index (χ0v) is 12.1. The molecule has 3 rings (SSSR count). The van der Waals surface area contributed by atoms with E-state index < -0.39 is 0 Å². The highest BCUT2D eigenvalue weighted by Gasteiger charge is 2.09. The number of thiocarbonyl (C=S) groups is 1. The third-order valence-corrected chi connectivity index (χ3v) is 3.09. The Morgan fingerprint density at radius 3 is 2.81 bits per heavy atom. The number of pyridine rings is 1. The third-order valence-electron chi connectivity index (χ3n) is 2.88. The third kappa shape index (κ3) is 2.80. The number of nitrogens with zero attached hydrogens (tertiary/aromatic N) is 3. The predicted octanol–water partition coefficient (Wildman–Crippen LogP) is 2.76. The average Bonchev–Trinajstić information content (AvgIpc) is 2.47. The molecule has 2 heterocycles. The molecule has 0 aliphatic carbocycles. The molecule has 0 saturated heterocycles. The second-order valence-electron chi connectivity index (χ2n) is 4.47. The van der Waals surface area contributed by atoms with Crippen molar-refractivity contribution in [2.24, 2.45) is 5.73 Å². The summed E-state index contributed by atoms with van der Waals surface area (Å²) < 4.78 is 5.76. The van der Waals surface area contributed by atoms with Gasteiger partial charge in [0, 0.05) is 17.3 Å². The maximum Gasteiger partial charge on any atom is 0.322 e. The molecule has 5 nitrogen and oxygen atoms in total. The second kappa shape index (κ2) is 5.41. The maximum atomic E-state index is 5.76. The number of nitrogens with two attached hydrogens (primary N) is 1. The number of aromatic nitrogens is 3. The molecular weight excluding hydrogens is 284 g/mol. The molecule has 1 aromatic carbocycles. The van der Waals surface area contributed by atoms with Crippen molar-refractivity contribution in [3.05, 3.63) is 54.0 Å². The molecule has 2 aromatic heterocycles. The first kappa shape index (κ1) is 13.4. The van der Waals surface area contributed by atoms with E-state index >= 15 is 0 Å². The van der Waals surface area contributed by atoms with Gasteiger partial charge in [-0.15, -0.1) is 0 Å². The van der Waals surface area contributed by atoms with E-state index in [1.165, 1.54) is 0 Å². The quantitative estimate of drug-likeness (QED) is 0.749. The summed E-state index contributed by atoms with van der Waals surface area (Å²) in [6.07, 6.45) is 1.72. The van der Waals surface area contributed by atoms with Gasteiger partial charge in [0.2, 0.25) is 0 Å². The van der Waals surface area contributed by atoms with E-state index in [0.717, 1.165) is 16.6 Å². The van der Waals surface area contributed by atoms with E-state index in [1.54, 1.807) is 12.3 Å². The molecule has 0 radical (unpaired) electrons. The molecule has 0 spiro atoms. The molecular formula is C15H12N4OS. The molecule has 0 fully saturated rings. The molecule has 0 amide bonds. The summed E-state index contributed by atoms with van der Waals surface area (Å²) in [5, 5.41) is 0.984. The van der Waals surface area contributed by atoms with Crippen LogP contribution in [0.5, 0.6) is 11.8 Å². The molecule has 0 saturated carbocycles. The van der Waals surface area contributed by atoms with Gasteiger partial charge in [0.1, 0.15) is 16.2 Å². The number of rotatable bonds is 3. The SMILES string of the molecule is Cc1cc(C(N)=S)nc(Oc2cccc3cccnc23)n1. The Labute approximate surface area is 126 Å². The monoisotopic (exact) mass is 296 g/mol. The van der Waals surface area contributed by atoms with Crippen molar-refractivity contribution < 1.29 is 4.74 Å². The van der Waals surface area contributed by atoms with Gasteiger partial charge in [-0.05, 0) is 25.1 Å². The standard InChI is InChI=1S/C15H12N4OS/c1-9-8-11(14(16)21)19-15(18-9)20-12-6-2-4-10-5-3-7-17-13(10)12/h2-8H,1H3,(H2,16,21). The lowest BCUT2D eigenvalue weighted by Gasteiger charge is -2.08. The van der Waals surface area contributed by atoms with Gasteiger partial charge in [-0.25, -0.2) is 4.98 Å². The van der Waals surface area contributed by atoms with Crippen LogP contribution < -0.4 is 10.5 Å². The number of fused-ring (bicyclic) bond motifs is 1. The van der Waals surface area contributed by atoms with E-state index in [4.69, 9.17) is 22.7 Å². The molecule has 0 aliphatic heterocycles. The second-order valence-corrected chi connectivity index (χ2v) is 4.91. The highest BCUT2D eigenvalue weighted by molar-refractivity contribution is 7.80. The first-order valence-electron chi connectivity index (χ1n) is 6.30. The molecule has 0 bridgehead atoms. The fourth-order valence-electron chi connectivity index (χ4n) is 1.97. The van der Waals surface area contributed by atoms with Crippen molar-refractivity contribution in [2.75, 3.05) is 0 Å². The van der Waals surface area contributed by atoms with Crippen molar-refractivity contribution in [1.29, 1.82) is 0 Å². The molecule has 3 aromatic rings. The van der Waals surface area contributed by atoms with Crippen LogP contribution in [0.15, 0.2) is 42.6 Å². The molecule has 0 unspecified atom stereocenters. The van der Waals surface area contributed by atoms with Crippen LogP contribution in [-0.4, -0.2) is 19.9 Å². The van der Waals surface area contributed by atoms with Crippen LogP contribution in [-0.2, 0) is 0 Å². The van der Waals surface area contributed by atoms with Crippen molar-refractivity contribution >= 4 is 28.1 Å². The number of aryl methyl sites for hydroxylation is 1. The van der Waals surface area contributed by atoms with Gasteiger partial charge in [0.15, 0.2) is 5.75 Å². The summed E-state index contributed by atoms with van der Waals surface area (Å²) in [5.41, 5.74) is 7.58. The van der Waals surface area contributed by atoms with Gasteiger partial charge in [0.25, 0.3) is 0 Å². The Kier molecular flexibility index (Phi) is 3.45. The highest BCUT2D eigenvalue weighted by Crippen LogP contribution is 2.26. The van der Waals surface area contributed by atoms with Crippen LogP contribution in [0, 0.1) is 6.92 Å². The summed E-state index contributed by atoms with van der Waals surface area (Å²) in [4.78, 5) is 13.0. The van der Waals surface area contributed by atoms with Crippen molar-refractivity contribution in [3.8, 4) is 11.8 Å². The Hall–Kier alpha value is -2.60. The maximum absolute atomic E-state index is 5.76. The fourth-order valence-corrected chi connectivity index (χ4v) is 2.07. The van der Waals surface area contributed by atoms with Gasteiger partial charge >= 0.3 is 6.01 Å². The van der Waals surface area contributed by atoms with E-state index in [-0.39, 0.29) is 11.0 Å². The normalized spacial score (nSPS) is 10.5. The largest absolute Gasteiger partial charge is 0.422 e. The number of para-hydroxylation sites is 1. The van der Waals surface area contributed by atoms with E-state index in [2.05, 4.69) is 15.0 Å². The van der Waals surface area contributed by atoms with Crippen molar-refractivity contribution in [1.82, 2.24) is 15.0 Å². The topological polar surface area (TPSA) is 73.9 Å². The first-order chi connectivity index (χ1) is 10.1. The molecule has 0 aliphatic rings. The fraction of sp³-hybridized carbons (Fsp3) is 0.0667. The molecule has 0 atom stereocenters. The number of hydrogen-bond donors (Lipinski definition) is 1. The zero-order valence-electron chi connectivity index (χ0n) is 11.3. The molecule has 21 heavy (non-hydrogen) atoms. The van der Waals surface area contributed by atoms with Crippen LogP contribution in [0.2, 0.25) is 0 Å². The summed E-state index contributed by atoms with van der Waals surface area (Å²) >= 11 is 4.94. The Morgan fingerprint density at radius 2 is 2.00 bits per heavy atom. The van der Waals surface area contributed by atoms with Crippen LogP contribution in [0.3, 0.4) is 0 Å². The molecule has 2 N–H and O–H groups in total. The van der Waals surface area contributed by atoms with Crippen molar-refractivity contribution in [2.45, 2.75) is 6.92 Å². The van der Waals surface area contributed by atoms with Crippen LogP contribution in [0.25, 0.3) is 10.9 Å². The van der Waals surface area contributed by atoms with Crippen LogP contribution >= 0.6 is 12.2 Å². The van der Waals surface area contributed by atoms with Gasteiger partial charge in [-0.3, -0.25) is 4.98 Å². The lowest BCUT2D eigenvalue weighted by Crippen LogP contribution is -2.13. The predicted molar refractivity (Wildman–Crippen MR) is 84.5 cm³/mol. The summed E-state index contributed by atoms with van der Waals surface area (Å²) in [6, 6.07) is 11.4. The summed E-state index contributed by atoms with van der Waals surface area (Å²) in [6.45, 7) is 1.83. The highest BCUT2D eigenvalue weighted by atomic mass is 32.1. The molecule has 6 heteroatoms. The Morgan fingerprint density at radius 1 is 1.19 bits per heavy atom. The molecule has 104 valence electrons. The Balaban J connectivity index is 2.05. The zero-order chi connectivity index (χ0) is 14.8. The minimum atomic E-state index is 0.205. The van der Waals surface area contributed by atoms with Crippen molar-refractivity contribution in [3.63, 3.8) is 0 Å². The summed E-state index contributed by atoms with van der Waals surface area (Å²) in [5.74, 6) is 0.590. The van der Waals surface area contributed by atoms with Gasteiger partial charge < -0.3 is 10.5 Å². The minimum absolute atomic E-state index is 0.205. The Bertz CT molecular complexity index is 830. The summed E-state index contributed by atoms with van der Waals surface area (Å²) in [7, 11) is 0. The average molecular weight is 296 g/mol. The van der Waals surface area contributed by atoms with Gasteiger partial charge in [0.05, 0.1) is 0 Å². The minimum Gasteiger partial charge on any atom is -0.422 e. The van der Waals surface area contributed by atoms with E-state index in [0.29, 0.717) is 11.4 Å². The smallest absolute Gasteiger partial charge is 0.322 e. The number of hydrogen-bond acceptors (Lipinski definition) is 5. The van der Waals surface area contributed by atoms with Crippen LogP contribution in [0.1, 0.15) is 11.4 Å².